The maximum atomic E-state index is 13.3. The van der Waals surface area contributed by atoms with Gasteiger partial charge in [-0.25, -0.2) is 9.37 Å². The monoisotopic (exact) mass is 365 g/mol. The molecular weight excluding hydrogens is 345 g/mol. The van der Waals surface area contributed by atoms with E-state index in [0.29, 0.717) is 36.7 Å². The Kier molecular flexibility index (Phi) is 6.33. The van der Waals surface area contributed by atoms with Gasteiger partial charge in [0.2, 0.25) is 5.88 Å². The van der Waals surface area contributed by atoms with Crippen LogP contribution < -0.4 is 10.5 Å². The van der Waals surface area contributed by atoms with Crippen LogP contribution in [0, 0.1) is 6.92 Å². The second-order valence-corrected chi connectivity index (χ2v) is 5.93. The average Bonchev–Trinajstić information content (AvgIpc) is 3.00. The lowest BCUT2D eigenvalue weighted by Gasteiger charge is -2.15. The van der Waals surface area contributed by atoms with Crippen molar-refractivity contribution in [1.29, 1.82) is 0 Å². The molecular formula is C18H21ClFN3O2. The highest BCUT2D eigenvalue weighted by Crippen LogP contribution is 2.24. The lowest BCUT2D eigenvalue weighted by atomic mass is 10.2. The lowest BCUT2D eigenvalue weighted by molar-refractivity contribution is 0.0782. The van der Waals surface area contributed by atoms with Crippen LogP contribution in [0.25, 0.3) is 0 Å². The molecule has 25 heavy (non-hydrogen) atoms. The molecule has 1 aliphatic heterocycles. The molecule has 1 fully saturated rings. The van der Waals surface area contributed by atoms with Gasteiger partial charge in [0.05, 0.1) is 6.54 Å². The highest BCUT2D eigenvalue weighted by atomic mass is 35.5. The van der Waals surface area contributed by atoms with Gasteiger partial charge in [-0.2, -0.15) is 0 Å². The van der Waals surface area contributed by atoms with Crippen LogP contribution >= 0.6 is 12.4 Å². The molecule has 0 spiro atoms. The summed E-state index contributed by atoms with van der Waals surface area (Å²) < 4.78 is 19.1. The third kappa shape index (κ3) is 4.67. The van der Waals surface area contributed by atoms with E-state index in [-0.39, 0.29) is 24.9 Å². The molecule has 0 unspecified atom stereocenters. The lowest BCUT2D eigenvalue weighted by Crippen LogP contribution is -2.28. The number of halogens is 2. The van der Waals surface area contributed by atoms with Crippen LogP contribution in [0.15, 0.2) is 36.4 Å². The van der Waals surface area contributed by atoms with Crippen LogP contribution in [0.5, 0.6) is 11.6 Å². The third-order valence-electron chi connectivity index (χ3n) is 3.95. The number of alkyl halides is 1. The molecule has 1 aromatic carbocycles. The minimum atomic E-state index is -0.931. The minimum absolute atomic E-state index is 0. The first-order valence-corrected chi connectivity index (χ1v) is 7.94. The summed E-state index contributed by atoms with van der Waals surface area (Å²) in [5.74, 6) is 0.767. The molecule has 2 aromatic rings. The summed E-state index contributed by atoms with van der Waals surface area (Å²) in [6.07, 6.45) is -0.531. The number of hydrogen-bond acceptors (Lipinski definition) is 4. The zero-order chi connectivity index (χ0) is 17.1. The zero-order valence-electron chi connectivity index (χ0n) is 13.9. The first-order chi connectivity index (χ1) is 11.5. The van der Waals surface area contributed by atoms with Gasteiger partial charge in [-0.15, -0.1) is 12.4 Å². The molecule has 0 aliphatic carbocycles. The van der Waals surface area contributed by atoms with E-state index in [1.165, 1.54) is 4.90 Å². The normalized spacial score (nSPS) is 16.4. The van der Waals surface area contributed by atoms with Crippen LogP contribution in [0.3, 0.4) is 0 Å². The Morgan fingerprint density at radius 2 is 2.20 bits per heavy atom. The molecule has 1 aliphatic rings. The quantitative estimate of drug-likeness (QED) is 0.903. The van der Waals surface area contributed by atoms with E-state index in [1.54, 1.807) is 30.3 Å². The largest absolute Gasteiger partial charge is 0.439 e. The number of aryl methyl sites for hydroxylation is 1. The molecule has 1 saturated heterocycles. The van der Waals surface area contributed by atoms with Gasteiger partial charge in [0.15, 0.2) is 0 Å². The summed E-state index contributed by atoms with van der Waals surface area (Å²) in [5, 5.41) is 0. The van der Waals surface area contributed by atoms with Gasteiger partial charge in [-0.3, -0.25) is 4.79 Å². The van der Waals surface area contributed by atoms with E-state index in [0.717, 1.165) is 11.3 Å². The number of pyridine rings is 1. The minimum Gasteiger partial charge on any atom is -0.439 e. The predicted octanol–water partition coefficient (Wildman–Crippen LogP) is 3.25. The Morgan fingerprint density at radius 3 is 2.88 bits per heavy atom. The molecule has 2 heterocycles. The van der Waals surface area contributed by atoms with Gasteiger partial charge < -0.3 is 15.4 Å². The zero-order valence-corrected chi connectivity index (χ0v) is 14.8. The number of nitrogens with two attached hydrogens (primary N) is 1. The highest BCUT2D eigenvalue weighted by molar-refractivity contribution is 5.94. The first kappa shape index (κ1) is 19.1. The van der Waals surface area contributed by atoms with Crippen molar-refractivity contribution in [3.05, 3.63) is 53.2 Å². The molecule has 0 bridgehead atoms. The van der Waals surface area contributed by atoms with Crippen LogP contribution in [0.4, 0.5) is 4.39 Å². The van der Waals surface area contributed by atoms with Crippen molar-refractivity contribution in [2.75, 3.05) is 13.1 Å². The standard InChI is InChI=1S/C18H20FN3O2.ClH/c1-12-7-13(10-20)8-17(21-12)24-16-4-2-3-14(9-16)18(23)22-6-5-15(19)11-22;/h2-4,7-9,15H,5-6,10-11,20H2,1H3;1H/t15-;/m0./s1. The molecule has 5 nitrogen and oxygen atoms in total. The summed E-state index contributed by atoms with van der Waals surface area (Å²) in [6, 6.07) is 10.5. The Morgan fingerprint density at radius 1 is 1.40 bits per heavy atom. The Labute approximate surface area is 152 Å². The van der Waals surface area contributed by atoms with Gasteiger partial charge in [0, 0.05) is 30.4 Å². The number of rotatable bonds is 4. The summed E-state index contributed by atoms with van der Waals surface area (Å²) in [7, 11) is 0. The average molecular weight is 366 g/mol. The van der Waals surface area contributed by atoms with Crippen LogP contribution in [0.2, 0.25) is 0 Å². The van der Waals surface area contributed by atoms with E-state index in [2.05, 4.69) is 4.98 Å². The SMILES string of the molecule is Cc1cc(CN)cc(Oc2cccc(C(=O)N3CC[C@H](F)C3)c2)n1.Cl. The van der Waals surface area contributed by atoms with Crippen LogP contribution in [-0.2, 0) is 6.54 Å². The number of benzene rings is 1. The number of aromatic nitrogens is 1. The summed E-state index contributed by atoms with van der Waals surface area (Å²) in [5.41, 5.74) is 7.88. The van der Waals surface area contributed by atoms with Crippen molar-refractivity contribution in [3.63, 3.8) is 0 Å². The Bertz CT molecular complexity index is 757. The molecule has 1 amide bonds. The van der Waals surface area contributed by atoms with Gasteiger partial charge >= 0.3 is 0 Å². The van der Waals surface area contributed by atoms with E-state index >= 15 is 0 Å². The van der Waals surface area contributed by atoms with Crippen molar-refractivity contribution >= 4 is 18.3 Å². The van der Waals surface area contributed by atoms with Gasteiger partial charge in [0.1, 0.15) is 11.9 Å². The highest BCUT2D eigenvalue weighted by Gasteiger charge is 2.26. The van der Waals surface area contributed by atoms with Gasteiger partial charge in [0.25, 0.3) is 5.91 Å². The number of nitrogens with zero attached hydrogens (tertiary/aromatic N) is 2. The first-order valence-electron chi connectivity index (χ1n) is 7.94. The molecule has 3 rings (SSSR count). The van der Waals surface area contributed by atoms with Crippen molar-refractivity contribution < 1.29 is 13.9 Å². The van der Waals surface area contributed by atoms with Crippen molar-refractivity contribution in [2.24, 2.45) is 5.73 Å². The second kappa shape index (κ2) is 8.27. The fraction of sp³-hybridized carbons (Fsp3) is 0.333. The molecule has 2 N–H and O–H groups in total. The maximum absolute atomic E-state index is 13.3. The molecule has 0 radical (unpaired) electrons. The maximum Gasteiger partial charge on any atom is 0.254 e. The number of likely N-dealkylation sites (tertiary alicyclic amines) is 1. The van der Waals surface area contributed by atoms with Crippen molar-refractivity contribution in [2.45, 2.75) is 26.1 Å². The molecule has 7 heteroatoms. The number of carbonyl (C=O) groups excluding carboxylic acids is 1. The number of carbonyl (C=O) groups is 1. The van der Waals surface area contributed by atoms with Gasteiger partial charge in [-0.05, 0) is 43.2 Å². The fourth-order valence-electron chi connectivity index (χ4n) is 2.78. The second-order valence-electron chi connectivity index (χ2n) is 5.93. The summed E-state index contributed by atoms with van der Waals surface area (Å²) >= 11 is 0. The predicted molar refractivity (Wildman–Crippen MR) is 96.0 cm³/mol. The Hall–Kier alpha value is -2.18. The molecule has 134 valence electrons. The van der Waals surface area contributed by atoms with E-state index in [1.807, 2.05) is 13.0 Å². The summed E-state index contributed by atoms with van der Waals surface area (Å²) in [6.45, 7) is 2.87. The van der Waals surface area contributed by atoms with Gasteiger partial charge in [-0.1, -0.05) is 6.07 Å². The number of amides is 1. The number of hydrogen-bond donors (Lipinski definition) is 1. The number of ether oxygens (including phenoxy) is 1. The van der Waals surface area contributed by atoms with Crippen molar-refractivity contribution in [1.82, 2.24) is 9.88 Å². The van der Waals surface area contributed by atoms with E-state index in [9.17, 15) is 9.18 Å². The fourth-order valence-corrected chi connectivity index (χ4v) is 2.78. The molecule has 1 atom stereocenters. The third-order valence-corrected chi connectivity index (χ3v) is 3.95. The molecule has 1 aromatic heterocycles. The van der Waals surface area contributed by atoms with E-state index < -0.39 is 6.17 Å². The van der Waals surface area contributed by atoms with E-state index in [4.69, 9.17) is 10.5 Å². The Balaban J connectivity index is 0.00000225. The van der Waals surface area contributed by atoms with Crippen molar-refractivity contribution in [3.8, 4) is 11.6 Å². The molecule has 0 saturated carbocycles. The summed E-state index contributed by atoms with van der Waals surface area (Å²) in [4.78, 5) is 18.3. The topological polar surface area (TPSA) is 68.5 Å². The van der Waals surface area contributed by atoms with Crippen LogP contribution in [0.1, 0.15) is 28.0 Å². The van der Waals surface area contributed by atoms with Crippen LogP contribution in [-0.4, -0.2) is 35.1 Å². The smallest absolute Gasteiger partial charge is 0.254 e.